The first kappa shape index (κ1) is 16.5. The molecule has 1 amide bonds. The number of ether oxygens (including phenoxy) is 1. The van der Waals surface area contributed by atoms with E-state index in [1.165, 1.54) is 12.0 Å². The molecule has 0 atom stereocenters. The Balaban J connectivity index is 2.33. The molecule has 0 saturated carbocycles. The van der Waals surface area contributed by atoms with Crippen molar-refractivity contribution in [2.24, 2.45) is 0 Å². The topological polar surface area (TPSA) is 80.0 Å². The van der Waals surface area contributed by atoms with Gasteiger partial charge in [-0.15, -0.1) is 0 Å². The fourth-order valence-electron chi connectivity index (χ4n) is 2.16. The van der Waals surface area contributed by atoms with Crippen LogP contribution in [0.4, 0.5) is 0 Å². The van der Waals surface area contributed by atoms with Crippen LogP contribution in [-0.2, 0) is 9.53 Å². The van der Waals surface area contributed by atoms with Crippen molar-refractivity contribution in [1.29, 1.82) is 0 Å². The van der Waals surface area contributed by atoms with E-state index in [9.17, 15) is 9.59 Å². The molecule has 6 nitrogen and oxygen atoms in total. The quantitative estimate of drug-likeness (QED) is 0.846. The Bertz CT molecular complexity index is 709. The molecule has 0 saturated heterocycles. The molecule has 0 radical (unpaired) electrons. The molecule has 1 N–H and O–H groups in total. The fourth-order valence-corrected chi connectivity index (χ4v) is 2.75. The van der Waals surface area contributed by atoms with Gasteiger partial charge in [-0.25, -0.2) is 0 Å². The third-order valence-electron chi connectivity index (χ3n) is 3.16. The summed E-state index contributed by atoms with van der Waals surface area (Å²) in [5.41, 5.74) is 1.51. The lowest BCUT2D eigenvalue weighted by Crippen LogP contribution is -2.37. The van der Waals surface area contributed by atoms with Crippen LogP contribution < -0.4 is 0 Å². The molecule has 0 spiro atoms. The van der Waals surface area contributed by atoms with Gasteiger partial charge in [0.15, 0.2) is 5.76 Å². The number of hydrogen-bond acceptors (Lipinski definition) is 4. The van der Waals surface area contributed by atoms with Crippen LogP contribution in [-0.4, -0.2) is 48.7 Å². The molecule has 118 valence electrons. The van der Waals surface area contributed by atoms with E-state index in [4.69, 9.17) is 14.3 Å². The third-order valence-corrected chi connectivity index (χ3v) is 3.61. The largest absolute Gasteiger partial charge is 0.480 e. The zero-order valence-corrected chi connectivity index (χ0v) is 13.8. The zero-order valence-electron chi connectivity index (χ0n) is 12.3. The van der Waals surface area contributed by atoms with Gasteiger partial charge in [0.25, 0.3) is 5.91 Å². The minimum absolute atomic E-state index is 0.119. The van der Waals surface area contributed by atoms with Crippen LogP contribution in [0.1, 0.15) is 16.1 Å². The van der Waals surface area contributed by atoms with Gasteiger partial charge >= 0.3 is 5.97 Å². The summed E-state index contributed by atoms with van der Waals surface area (Å²) in [6.07, 6.45) is 0. The molecule has 22 heavy (non-hydrogen) atoms. The maximum absolute atomic E-state index is 12.5. The van der Waals surface area contributed by atoms with Crippen LogP contribution in [0.25, 0.3) is 11.0 Å². The van der Waals surface area contributed by atoms with Gasteiger partial charge in [-0.1, -0.05) is 15.9 Å². The van der Waals surface area contributed by atoms with Gasteiger partial charge in [-0.05, 0) is 30.7 Å². The Labute approximate surface area is 135 Å². The van der Waals surface area contributed by atoms with Crippen molar-refractivity contribution >= 4 is 38.8 Å². The Hall–Kier alpha value is -1.86. The van der Waals surface area contributed by atoms with Gasteiger partial charge in [0.1, 0.15) is 12.1 Å². The first-order valence-electron chi connectivity index (χ1n) is 6.62. The normalized spacial score (nSPS) is 10.9. The summed E-state index contributed by atoms with van der Waals surface area (Å²) in [5.74, 6) is -1.43. The number of amides is 1. The number of rotatable bonds is 6. The summed E-state index contributed by atoms with van der Waals surface area (Å²) in [5, 5.41) is 9.72. The highest BCUT2D eigenvalue weighted by atomic mass is 79.9. The van der Waals surface area contributed by atoms with E-state index in [2.05, 4.69) is 15.9 Å². The maximum atomic E-state index is 12.5. The highest BCUT2D eigenvalue weighted by Gasteiger charge is 2.22. The number of nitrogens with zero attached hydrogens (tertiary/aromatic N) is 1. The van der Waals surface area contributed by atoms with Crippen LogP contribution in [0.15, 0.2) is 27.1 Å². The first-order valence-corrected chi connectivity index (χ1v) is 7.41. The van der Waals surface area contributed by atoms with Crippen molar-refractivity contribution in [2.45, 2.75) is 6.92 Å². The number of carbonyl (C=O) groups excluding carboxylic acids is 1. The van der Waals surface area contributed by atoms with E-state index in [0.29, 0.717) is 5.58 Å². The Morgan fingerprint density at radius 2 is 2.09 bits per heavy atom. The lowest BCUT2D eigenvalue weighted by Gasteiger charge is -2.18. The lowest BCUT2D eigenvalue weighted by atomic mass is 10.2. The van der Waals surface area contributed by atoms with Gasteiger partial charge < -0.3 is 19.2 Å². The van der Waals surface area contributed by atoms with Gasteiger partial charge in [-0.3, -0.25) is 9.59 Å². The molecule has 1 heterocycles. The molecule has 0 bridgehead atoms. The second kappa shape index (κ2) is 6.93. The monoisotopic (exact) mass is 369 g/mol. The van der Waals surface area contributed by atoms with E-state index in [1.807, 2.05) is 19.1 Å². The van der Waals surface area contributed by atoms with Gasteiger partial charge in [0, 0.05) is 23.5 Å². The third kappa shape index (κ3) is 3.66. The molecule has 0 aliphatic carbocycles. The second-order valence-corrected chi connectivity index (χ2v) is 5.78. The van der Waals surface area contributed by atoms with Crippen LogP contribution in [0, 0.1) is 6.92 Å². The molecule has 0 unspecified atom stereocenters. The zero-order chi connectivity index (χ0) is 16.3. The number of carboxylic acid groups (broad SMARTS) is 1. The van der Waals surface area contributed by atoms with Gasteiger partial charge in [0.05, 0.1) is 6.61 Å². The number of hydrogen-bond donors (Lipinski definition) is 1. The first-order chi connectivity index (χ1) is 10.4. The average Bonchev–Trinajstić information content (AvgIpc) is 2.86. The van der Waals surface area contributed by atoms with Crippen LogP contribution in [0.5, 0.6) is 0 Å². The second-order valence-electron chi connectivity index (χ2n) is 4.86. The summed E-state index contributed by atoms with van der Waals surface area (Å²) in [6, 6.07) is 5.36. The molecule has 1 aromatic carbocycles. The predicted octanol–water partition coefficient (Wildman–Crippen LogP) is 2.68. The highest BCUT2D eigenvalue weighted by Crippen LogP contribution is 2.27. The smallest absolute Gasteiger partial charge is 0.323 e. The lowest BCUT2D eigenvalue weighted by molar-refractivity contribution is -0.137. The number of halogens is 1. The van der Waals surface area contributed by atoms with E-state index < -0.39 is 18.4 Å². The van der Waals surface area contributed by atoms with Crippen molar-refractivity contribution in [3.8, 4) is 0 Å². The fraction of sp³-hybridized carbons (Fsp3) is 0.333. The molecule has 2 rings (SSSR count). The summed E-state index contributed by atoms with van der Waals surface area (Å²) in [7, 11) is 1.49. The molecular formula is C15H16BrNO5. The standard InChI is InChI=1S/C15H16BrNO5/c1-9-5-11(16)6-10-7-12(22-14(9)10)15(20)17(3-4-21-2)8-13(18)19/h5-7H,3-4,8H2,1-2H3,(H,18,19). The molecule has 1 aromatic heterocycles. The minimum Gasteiger partial charge on any atom is -0.480 e. The van der Waals surface area contributed by atoms with Crippen molar-refractivity contribution in [3.05, 3.63) is 34.0 Å². The summed E-state index contributed by atoms with van der Waals surface area (Å²) in [6.45, 7) is 1.91. The van der Waals surface area contributed by atoms with Gasteiger partial charge in [0.2, 0.25) is 0 Å². The van der Waals surface area contributed by atoms with E-state index in [0.717, 1.165) is 15.4 Å². The molecule has 0 aliphatic rings. The average molecular weight is 370 g/mol. The molecular weight excluding hydrogens is 354 g/mol. The summed E-state index contributed by atoms with van der Waals surface area (Å²) < 4.78 is 11.4. The number of aliphatic carboxylic acids is 1. The number of furan rings is 1. The van der Waals surface area contributed by atoms with E-state index in [-0.39, 0.29) is 18.9 Å². The molecule has 0 fully saturated rings. The number of benzene rings is 1. The Morgan fingerprint density at radius 1 is 1.36 bits per heavy atom. The number of methoxy groups -OCH3 is 1. The van der Waals surface area contributed by atoms with Crippen LogP contribution in [0.3, 0.4) is 0 Å². The predicted molar refractivity (Wildman–Crippen MR) is 84.1 cm³/mol. The number of aryl methyl sites for hydroxylation is 1. The van der Waals surface area contributed by atoms with Crippen LogP contribution >= 0.6 is 15.9 Å². The highest BCUT2D eigenvalue weighted by molar-refractivity contribution is 9.10. The Kier molecular flexibility index (Phi) is 5.20. The summed E-state index contributed by atoms with van der Waals surface area (Å²) >= 11 is 3.39. The van der Waals surface area contributed by atoms with E-state index in [1.54, 1.807) is 6.07 Å². The van der Waals surface area contributed by atoms with Gasteiger partial charge in [-0.2, -0.15) is 0 Å². The maximum Gasteiger partial charge on any atom is 0.323 e. The number of fused-ring (bicyclic) bond motifs is 1. The molecule has 0 aliphatic heterocycles. The van der Waals surface area contributed by atoms with Crippen molar-refractivity contribution in [3.63, 3.8) is 0 Å². The Morgan fingerprint density at radius 3 is 2.73 bits per heavy atom. The van der Waals surface area contributed by atoms with Crippen LogP contribution in [0.2, 0.25) is 0 Å². The van der Waals surface area contributed by atoms with Crippen molar-refractivity contribution < 1.29 is 23.8 Å². The molecule has 7 heteroatoms. The SMILES string of the molecule is COCCN(CC(=O)O)C(=O)c1cc2cc(Br)cc(C)c2o1. The number of carboxylic acids is 1. The van der Waals surface area contributed by atoms with Crippen molar-refractivity contribution in [2.75, 3.05) is 26.8 Å². The number of carbonyl (C=O) groups is 2. The van der Waals surface area contributed by atoms with Crippen molar-refractivity contribution in [1.82, 2.24) is 4.90 Å². The summed E-state index contributed by atoms with van der Waals surface area (Å²) in [4.78, 5) is 24.6. The minimum atomic E-state index is -1.08. The molecule has 2 aromatic rings. The van der Waals surface area contributed by atoms with E-state index >= 15 is 0 Å².